The van der Waals surface area contributed by atoms with Crippen LogP contribution in [0.1, 0.15) is 17.9 Å². The van der Waals surface area contributed by atoms with Crippen LogP contribution >= 0.6 is 15.9 Å². The van der Waals surface area contributed by atoms with E-state index in [0.717, 1.165) is 34.3 Å². The molecule has 3 aromatic rings. The van der Waals surface area contributed by atoms with Gasteiger partial charge in [0, 0.05) is 10.0 Å². The van der Waals surface area contributed by atoms with Crippen LogP contribution < -0.4 is 0 Å². The second kappa shape index (κ2) is 5.58. The van der Waals surface area contributed by atoms with Crippen molar-refractivity contribution in [1.82, 2.24) is 4.98 Å². The molecule has 2 nitrogen and oxygen atoms in total. The highest BCUT2D eigenvalue weighted by Gasteiger charge is 2.14. The largest absolute Gasteiger partial charge is 0.436 e. The zero-order valence-electron chi connectivity index (χ0n) is 11.9. The molecule has 4 rings (SSSR count). The van der Waals surface area contributed by atoms with Gasteiger partial charge in [0.05, 0.1) is 5.69 Å². The number of hydrogen-bond acceptors (Lipinski definition) is 2. The quantitative estimate of drug-likeness (QED) is 0.589. The summed E-state index contributed by atoms with van der Waals surface area (Å²) in [6.07, 6.45) is 6.16. The lowest BCUT2D eigenvalue weighted by molar-refractivity contribution is 0.560. The number of hydrogen-bond donors (Lipinski definition) is 0. The second-order valence-electron chi connectivity index (χ2n) is 5.33. The number of allylic oxidation sites excluding steroid dienone is 1. The third kappa shape index (κ3) is 2.42. The standard InChI is InChI=1S/C19H14BrNO/c20-16-6-2-1-5-15(16)13-9-11-14(12-10-13)19-21-17-7-3-4-8-18(17)22-19/h1-2,4-6,8-12H,3,7H2. The molecular weight excluding hydrogens is 338 g/mol. The smallest absolute Gasteiger partial charge is 0.226 e. The predicted molar refractivity (Wildman–Crippen MR) is 92.4 cm³/mol. The molecule has 0 fully saturated rings. The van der Waals surface area contributed by atoms with Crippen molar-refractivity contribution in [1.29, 1.82) is 0 Å². The maximum Gasteiger partial charge on any atom is 0.226 e. The van der Waals surface area contributed by atoms with Crippen molar-refractivity contribution < 1.29 is 4.42 Å². The molecule has 0 spiro atoms. The number of fused-ring (bicyclic) bond motifs is 1. The van der Waals surface area contributed by atoms with Gasteiger partial charge in [0.2, 0.25) is 5.89 Å². The number of halogens is 1. The minimum absolute atomic E-state index is 0.704. The Hall–Kier alpha value is -2.13. The van der Waals surface area contributed by atoms with E-state index in [4.69, 9.17) is 4.42 Å². The summed E-state index contributed by atoms with van der Waals surface area (Å²) in [5.74, 6) is 1.60. The van der Waals surface area contributed by atoms with Gasteiger partial charge in [-0.25, -0.2) is 4.98 Å². The molecule has 1 aliphatic carbocycles. The summed E-state index contributed by atoms with van der Waals surface area (Å²) in [6.45, 7) is 0. The fraction of sp³-hybridized carbons (Fsp3) is 0.105. The maximum absolute atomic E-state index is 5.85. The van der Waals surface area contributed by atoms with Crippen LogP contribution in [0.15, 0.2) is 63.5 Å². The van der Waals surface area contributed by atoms with Crippen LogP contribution in [-0.2, 0) is 6.42 Å². The molecule has 2 aromatic carbocycles. The lowest BCUT2D eigenvalue weighted by atomic mass is 10.0. The predicted octanol–water partition coefficient (Wildman–Crippen LogP) is 5.73. The van der Waals surface area contributed by atoms with E-state index in [1.807, 2.05) is 18.2 Å². The van der Waals surface area contributed by atoms with E-state index in [9.17, 15) is 0 Å². The average Bonchev–Trinajstić information content (AvgIpc) is 2.99. The van der Waals surface area contributed by atoms with Crippen LogP contribution in [0.2, 0.25) is 0 Å². The summed E-state index contributed by atoms with van der Waals surface area (Å²) < 4.78 is 6.95. The number of rotatable bonds is 2. The van der Waals surface area contributed by atoms with E-state index >= 15 is 0 Å². The first-order valence-corrected chi connectivity index (χ1v) is 8.12. The van der Waals surface area contributed by atoms with Gasteiger partial charge in [0.15, 0.2) is 5.76 Å². The topological polar surface area (TPSA) is 26.0 Å². The Labute approximate surface area is 137 Å². The number of aromatic nitrogens is 1. The zero-order valence-corrected chi connectivity index (χ0v) is 13.5. The minimum atomic E-state index is 0.704. The number of aryl methyl sites for hydroxylation is 1. The Balaban J connectivity index is 1.69. The highest BCUT2D eigenvalue weighted by atomic mass is 79.9. The molecule has 0 aliphatic heterocycles. The molecule has 3 heteroatoms. The van der Waals surface area contributed by atoms with Gasteiger partial charge in [-0.1, -0.05) is 52.3 Å². The first-order chi connectivity index (χ1) is 10.8. The fourth-order valence-corrected chi connectivity index (χ4v) is 3.21. The lowest BCUT2D eigenvalue weighted by Crippen LogP contribution is -1.90. The van der Waals surface area contributed by atoms with Gasteiger partial charge in [0.1, 0.15) is 0 Å². The molecule has 0 N–H and O–H groups in total. The van der Waals surface area contributed by atoms with Gasteiger partial charge >= 0.3 is 0 Å². The maximum atomic E-state index is 5.85. The first-order valence-electron chi connectivity index (χ1n) is 7.33. The molecule has 0 amide bonds. The molecule has 0 atom stereocenters. The van der Waals surface area contributed by atoms with Gasteiger partial charge < -0.3 is 4.42 Å². The van der Waals surface area contributed by atoms with Crippen molar-refractivity contribution >= 4 is 22.0 Å². The summed E-state index contributed by atoms with van der Waals surface area (Å²) in [7, 11) is 0. The molecule has 0 saturated carbocycles. The van der Waals surface area contributed by atoms with Crippen LogP contribution in [0, 0.1) is 0 Å². The van der Waals surface area contributed by atoms with E-state index in [1.165, 1.54) is 11.1 Å². The summed E-state index contributed by atoms with van der Waals surface area (Å²) in [4.78, 5) is 4.61. The van der Waals surface area contributed by atoms with Crippen molar-refractivity contribution in [3.8, 4) is 22.6 Å². The van der Waals surface area contributed by atoms with Crippen LogP contribution in [0.4, 0.5) is 0 Å². The van der Waals surface area contributed by atoms with Crippen molar-refractivity contribution in [3.63, 3.8) is 0 Å². The van der Waals surface area contributed by atoms with Gasteiger partial charge in [-0.3, -0.25) is 0 Å². The lowest BCUT2D eigenvalue weighted by Gasteiger charge is -2.05. The molecule has 1 aromatic heterocycles. The summed E-state index contributed by atoms with van der Waals surface area (Å²) in [5, 5.41) is 0. The SMILES string of the molecule is Brc1ccccc1-c1ccc(-c2nc3c(o2)C=CCC3)cc1. The van der Waals surface area contributed by atoms with Crippen molar-refractivity contribution in [2.75, 3.05) is 0 Å². The molecule has 0 radical (unpaired) electrons. The van der Waals surface area contributed by atoms with Gasteiger partial charge in [-0.15, -0.1) is 0 Å². The summed E-state index contributed by atoms with van der Waals surface area (Å²) in [5.41, 5.74) is 4.43. The number of benzene rings is 2. The van der Waals surface area contributed by atoms with Crippen molar-refractivity contribution in [3.05, 3.63) is 70.5 Å². The number of oxazole rings is 1. The van der Waals surface area contributed by atoms with E-state index in [-0.39, 0.29) is 0 Å². The van der Waals surface area contributed by atoms with E-state index < -0.39 is 0 Å². The van der Waals surface area contributed by atoms with Crippen LogP contribution in [0.25, 0.3) is 28.7 Å². The van der Waals surface area contributed by atoms with E-state index in [0.29, 0.717) is 5.89 Å². The third-order valence-corrected chi connectivity index (χ3v) is 4.55. The van der Waals surface area contributed by atoms with Crippen LogP contribution in [0.5, 0.6) is 0 Å². The molecular formula is C19H14BrNO. The van der Waals surface area contributed by atoms with Crippen LogP contribution in [-0.4, -0.2) is 4.98 Å². The summed E-state index contributed by atoms with van der Waals surface area (Å²) >= 11 is 3.60. The average molecular weight is 352 g/mol. The van der Waals surface area contributed by atoms with E-state index in [1.54, 1.807) is 0 Å². The third-order valence-electron chi connectivity index (χ3n) is 3.86. The minimum Gasteiger partial charge on any atom is -0.436 e. The van der Waals surface area contributed by atoms with Gasteiger partial charge in [-0.05, 0) is 48.2 Å². The fourth-order valence-electron chi connectivity index (χ4n) is 2.69. The highest BCUT2D eigenvalue weighted by Crippen LogP contribution is 2.31. The molecule has 0 saturated heterocycles. The van der Waals surface area contributed by atoms with Gasteiger partial charge in [-0.2, -0.15) is 0 Å². The van der Waals surface area contributed by atoms with Crippen LogP contribution in [0.3, 0.4) is 0 Å². The molecule has 1 aliphatic rings. The van der Waals surface area contributed by atoms with E-state index in [2.05, 4.69) is 63.4 Å². The Morgan fingerprint density at radius 3 is 2.50 bits per heavy atom. The first kappa shape index (κ1) is 13.5. The Kier molecular flexibility index (Phi) is 3.43. The Morgan fingerprint density at radius 1 is 0.955 bits per heavy atom. The zero-order chi connectivity index (χ0) is 14.9. The second-order valence-corrected chi connectivity index (χ2v) is 6.18. The molecule has 1 heterocycles. The van der Waals surface area contributed by atoms with Gasteiger partial charge in [0.25, 0.3) is 0 Å². The Bertz CT molecular complexity index is 846. The van der Waals surface area contributed by atoms with Crippen molar-refractivity contribution in [2.45, 2.75) is 12.8 Å². The van der Waals surface area contributed by atoms with Crippen molar-refractivity contribution in [2.24, 2.45) is 0 Å². The Morgan fingerprint density at radius 2 is 1.73 bits per heavy atom. The number of nitrogens with zero attached hydrogens (tertiary/aromatic N) is 1. The highest BCUT2D eigenvalue weighted by molar-refractivity contribution is 9.10. The normalized spacial score (nSPS) is 13.1. The molecule has 22 heavy (non-hydrogen) atoms. The molecule has 0 unspecified atom stereocenters. The molecule has 0 bridgehead atoms. The summed E-state index contributed by atoms with van der Waals surface area (Å²) in [6, 6.07) is 16.6. The monoisotopic (exact) mass is 351 g/mol. The molecule has 108 valence electrons.